The molecule has 2 N–H and O–H groups in total. The number of hydrogen-bond donors (Lipinski definition) is 2. The first-order chi connectivity index (χ1) is 9.47. The van der Waals surface area contributed by atoms with Gasteiger partial charge in [0.05, 0.1) is 0 Å². The number of rotatable bonds is 5. The van der Waals surface area contributed by atoms with Gasteiger partial charge in [-0.15, -0.1) is 6.58 Å². The normalized spacial score (nSPS) is 14.6. The van der Waals surface area contributed by atoms with Gasteiger partial charge in [-0.2, -0.15) is 4.28 Å². The molecule has 7 heteroatoms. The van der Waals surface area contributed by atoms with E-state index in [-0.39, 0.29) is 6.42 Å². The van der Waals surface area contributed by atoms with Gasteiger partial charge in [-0.05, 0) is 31.9 Å². The molecule has 0 aromatic rings. The van der Waals surface area contributed by atoms with Crippen LogP contribution in [0.2, 0.25) is 0 Å². The molecule has 1 aliphatic rings. The number of hydroxylamine groups is 1. The number of amides is 1. The Morgan fingerprint density at radius 3 is 2.85 bits per heavy atom. The minimum absolute atomic E-state index is 0.167. The van der Waals surface area contributed by atoms with Crippen LogP contribution < -0.4 is 10.8 Å². The van der Waals surface area contributed by atoms with Crippen molar-refractivity contribution in [2.45, 2.75) is 26.7 Å². The van der Waals surface area contributed by atoms with E-state index in [0.717, 1.165) is 0 Å². The third-order valence-electron chi connectivity index (χ3n) is 2.24. The van der Waals surface area contributed by atoms with E-state index in [1.165, 1.54) is 11.3 Å². The van der Waals surface area contributed by atoms with Crippen LogP contribution in [0.25, 0.3) is 0 Å². The molecule has 0 aromatic heterocycles. The third-order valence-corrected chi connectivity index (χ3v) is 2.46. The van der Waals surface area contributed by atoms with Crippen molar-refractivity contribution in [3.8, 4) is 0 Å². The van der Waals surface area contributed by atoms with Crippen LogP contribution in [0.15, 0.2) is 48.4 Å². The van der Waals surface area contributed by atoms with E-state index in [1.807, 2.05) is 18.4 Å². The van der Waals surface area contributed by atoms with E-state index in [4.69, 9.17) is 0 Å². The fourth-order valence-corrected chi connectivity index (χ4v) is 1.19. The van der Waals surface area contributed by atoms with Gasteiger partial charge < -0.3 is 9.87 Å². The number of nitrogens with one attached hydrogen (secondary N) is 2. The van der Waals surface area contributed by atoms with Crippen LogP contribution in [-0.2, 0) is 20.4 Å². The Hall–Kier alpha value is -1.70. The molecule has 20 heavy (non-hydrogen) atoms. The van der Waals surface area contributed by atoms with Gasteiger partial charge >= 0.3 is 0 Å². The van der Waals surface area contributed by atoms with Crippen LogP contribution in [0.3, 0.4) is 0 Å². The lowest BCUT2D eigenvalue weighted by atomic mass is 10.2. The highest BCUT2D eigenvalue weighted by atomic mass is 32.2. The summed E-state index contributed by atoms with van der Waals surface area (Å²) in [5, 5.41) is 3.13. The molecule has 1 unspecified atom stereocenters. The smallest absolute Gasteiger partial charge is 0.244 e. The summed E-state index contributed by atoms with van der Waals surface area (Å²) in [7, 11) is 0. The zero-order valence-corrected chi connectivity index (χ0v) is 12.4. The van der Waals surface area contributed by atoms with E-state index in [1.54, 1.807) is 11.6 Å². The Labute approximate surface area is 121 Å². The van der Waals surface area contributed by atoms with Crippen molar-refractivity contribution in [1.82, 2.24) is 10.8 Å². The summed E-state index contributed by atoms with van der Waals surface area (Å²) < 4.78 is 23.2. The highest BCUT2D eigenvalue weighted by molar-refractivity contribution is 7.74. The van der Waals surface area contributed by atoms with Gasteiger partial charge in [0.1, 0.15) is 11.4 Å². The SMILES string of the molecule is C=CCCC(=O)NOS(=O)[O-].CC1=C(C)NC=CC=C1. The van der Waals surface area contributed by atoms with Crippen LogP contribution in [0, 0.1) is 0 Å². The second-order valence-electron chi connectivity index (χ2n) is 3.81. The van der Waals surface area contributed by atoms with Gasteiger partial charge in [0, 0.05) is 18.3 Å². The van der Waals surface area contributed by atoms with E-state index in [2.05, 4.69) is 36.1 Å². The first-order valence-corrected chi connectivity index (χ1v) is 6.91. The molecule has 0 saturated heterocycles. The summed E-state index contributed by atoms with van der Waals surface area (Å²) in [6.45, 7) is 7.54. The minimum Gasteiger partial charge on any atom is -0.748 e. The lowest BCUT2D eigenvalue weighted by molar-refractivity contribution is -0.127. The average Bonchev–Trinajstić information content (AvgIpc) is 2.60. The lowest BCUT2D eigenvalue weighted by Gasteiger charge is -2.04. The molecule has 0 spiro atoms. The minimum atomic E-state index is -2.70. The van der Waals surface area contributed by atoms with Crippen molar-refractivity contribution in [3.63, 3.8) is 0 Å². The van der Waals surface area contributed by atoms with E-state index >= 15 is 0 Å². The van der Waals surface area contributed by atoms with Gasteiger partial charge in [-0.1, -0.05) is 18.2 Å². The number of hydrogen-bond acceptors (Lipinski definition) is 5. The highest BCUT2D eigenvalue weighted by Crippen LogP contribution is 2.03. The molecule has 6 nitrogen and oxygen atoms in total. The van der Waals surface area contributed by atoms with E-state index in [9.17, 15) is 13.6 Å². The molecule has 1 amide bonds. The maximum atomic E-state index is 10.5. The Bertz CT molecular complexity index is 442. The maximum absolute atomic E-state index is 10.5. The molecule has 0 fully saturated rings. The molecule has 0 aliphatic carbocycles. The molecule has 1 heterocycles. The van der Waals surface area contributed by atoms with Crippen molar-refractivity contribution in [2.75, 3.05) is 0 Å². The first kappa shape index (κ1) is 18.3. The van der Waals surface area contributed by atoms with E-state index < -0.39 is 17.3 Å². The Morgan fingerprint density at radius 2 is 2.25 bits per heavy atom. The van der Waals surface area contributed by atoms with Gasteiger partial charge in [0.2, 0.25) is 5.91 Å². The van der Waals surface area contributed by atoms with Gasteiger partial charge in [-0.25, -0.2) is 9.69 Å². The predicted octanol–water partition coefficient (Wildman–Crippen LogP) is 1.75. The monoisotopic (exact) mass is 299 g/mol. The zero-order valence-electron chi connectivity index (χ0n) is 11.5. The van der Waals surface area contributed by atoms with Crippen LogP contribution in [-0.4, -0.2) is 14.7 Å². The van der Waals surface area contributed by atoms with Gasteiger partial charge in [-0.3, -0.25) is 4.79 Å². The maximum Gasteiger partial charge on any atom is 0.244 e. The van der Waals surface area contributed by atoms with Crippen LogP contribution in [0.4, 0.5) is 0 Å². The molecule has 0 radical (unpaired) electrons. The van der Waals surface area contributed by atoms with Crippen molar-refractivity contribution in [2.24, 2.45) is 0 Å². The van der Waals surface area contributed by atoms with Crippen molar-refractivity contribution in [1.29, 1.82) is 0 Å². The second-order valence-corrected chi connectivity index (χ2v) is 4.39. The quantitative estimate of drug-likeness (QED) is 0.458. The molecule has 0 aromatic carbocycles. The van der Waals surface area contributed by atoms with Crippen LogP contribution in [0.1, 0.15) is 26.7 Å². The fourth-order valence-electron chi connectivity index (χ4n) is 1.03. The molecule has 112 valence electrons. The van der Waals surface area contributed by atoms with Crippen LogP contribution in [0.5, 0.6) is 0 Å². The standard InChI is InChI=1S/C8H11N.C5H9NO4S/c1-7-5-3-4-6-9-8(7)2;1-2-3-4-5(7)6-10-11(8)9/h3-6,9H,1-2H3;2H,1,3-4H2,(H,6,7)(H,8,9)/p-1. The molecule has 1 rings (SSSR count). The molecular formula is C13H19N2O4S-. The molecule has 1 aliphatic heterocycles. The summed E-state index contributed by atoms with van der Waals surface area (Å²) in [5.74, 6) is -0.492. The summed E-state index contributed by atoms with van der Waals surface area (Å²) in [5.41, 5.74) is 4.23. The van der Waals surface area contributed by atoms with Gasteiger partial charge in [0.25, 0.3) is 0 Å². The average molecular weight is 299 g/mol. The Morgan fingerprint density at radius 1 is 1.55 bits per heavy atom. The van der Waals surface area contributed by atoms with Crippen molar-refractivity contribution < 1.29 is 17.8 Å². The van der Waals surface area contributed by atoms with Crippen molar-refractivity contribution in [3.05, 3.63) is 48.4 Å². The number of carbonyl (C=O) groups is 1. The molecule has 0 saturated carbocycles. The Balaban J connectivity index is 0.000000367. The fraction of sp³-hybridized carbons (Fsp3) is 0.308. The topological polar surface area (TPSA) is 90.5 Å². The zero-order chi connectivity index (χ0) is 15.4. The molecule has 1 atom stereocenters. The summed E-state index contributed by atoms with van der Waals surface area (Å²) in [6.07, 6.45) is 10.2. The number of allylic oxidation sites excluding steroid dienone is 6. The Kier molecular flexibility index (Phi) is 10.2. The highest BCUT2D eigenvalue weighted by Gasteiger charge is 1.97. The van der Waals surface area contributed by atoms with Crippen molar-refractivity contribution >= 4 is 17.3 Å². The summed E-state index contributed by atoms with van der Waals surface area (Å²) in [4.78, 5) is 10.5. The number of carbonyl (C=O) groups excluding carboxylic acids is 1. The second kappa shape index (κ2) is 11.2. The largest absolute Gasteiger partial charge is 0.748 e. The summed E-state index contributed by atoms with van der Waals surface area (Å²) >= 11 is -2.70. The molecule has 0 bridgehead atoms. The lowest BCUT2D eigenvalue weighted by Crippen LogP contribution is -2.23. The summed E-state index contributed by atoms with van der Waals surface area (Å²) in [6, 6.07) is 0. The predicted molar refractivity (Wildman–Crippen MR) is 77.4 cm³/mol. The van der Waals surface area contributed by atoms with E-state index in [0.29, 0.717) is 6.42 Å². The third kappa shape index (κ3) is 10.2. The molecular weight excluding hydrogens is 280 g/mol. The van der Waals surface area contributed by atoms with Crippen LogP contribution >= 0.6 is 0 Å². The van der Waals surface area contributed by atoms with Gasteiger partial charge in [0.15, 0.2) is 0 Å². The first-order valence-electron chi connectivity index (χ1n) is 5.91.